The molecule has 2 aromatic rings. The lowest BCUT2D eigenvalue weighted by atomic mass is 10.1. The number of pyridine rings is 1. The number of halogens is 2. The van der Waals surface area contributed by atoms with Gasteiger partial charge in [0.15, 0.2) is 5.69 Å². The zero-order chi connectivity index (χ0) is 13.1. The number of nitrogens with zero attached hydrogens (tertiary/aromatic N) is 1. The third-order valence-corrected chi connectivity index (χ3v) is 2.94. The van der Waals surface area contributed by atoms with Crippen LogP contribution in [0.25, 0.3) is 11.1 Å². The van der Waals surface area contributed by atoms with E-state index in [4.69, 9.17) is 23.2 Å². The first-order valence-electron chi connectivity index (χ1n) is 5.11. The molecule has 0 N–H and O–H groups in total. The van der Waals surface area contributed by atoms with Crippen LogP contribution in [0.2, 0.25) is 10.0 Å². The number of aromatic nitrogens is 1. The second-order valence-corrected chi connectivity index (χ2v) is 4.40. The van der Waals surface area contributed by atoms with E-state index < -0.39 is 5.97 Å². The van der Waals surface area contributed by atoms with Crippen molar-refractivity contribution in [1.82, 2.24) is 4.98 Å². The molecule has 2 rings (SSSR count). The maximum absolute atomic E-state index is 11.3. The van der Waals surface area contributed by atoms with Crippen LogP contribution in [0.4, 0.5) is 0 Å². The summed E-state index contributed by atoms with van der Waals surface area (Å²) in [6.45, 7) is 0. The van der Waals surface area contributed by atoms with Gasteiger partial charge in [-0.2, -0.15) is 0 Å². The van der Waals surface area contributed by atoms with Gasteiger partial charge in [0.1, 0.15) is 0 Å². The van der Waals surface area contributed by atoms with Crippen molar-refractivity contribution < 1.29 is 9.53 Å². The number of esters is 1. The zero-order valence-corrected chi connectivity index (χ0v) is 11.0. The van der Waals surface area contributed by atoms with Gasteiger partial charge in [-0.3, -0.25) is 0 Å². The lowest BCUT2D eigenvalue weighted by molar-refractivity contribution is 0.0594. The van der Waals surface area contributed by atoms with Crippen LogP contribution < -0.4 is 0 Å². The van der Waals surface area contributed by atoms with Gasteiger partial charge in [0, 0.05) is 16.8 Å². The minimum atomic E-state index is -0.553. The molecule has 0 spiro atoms. The maximum Gasteiger partial charge on any atom is 0.358 e. The van der Waals surface area contributed by atoms with Crippen molar-refractivity contribution in [2.45, 2.75) is 0 Å². The van der Waals surface area contributed by atoms with E-state index in [1.165, 1.54) is 7.11 Å². The van der Waals surface area contributed by atoms with E-state index in [-0.39, 0.29) is 10.7 Å². The van der Waals surface area contributed by atoms with E-state index in [0.29, 0.717) is 5.02 Å². The highest BCUT2D eigenvalue weighted by Crippen LogP contribution is 2.25. The largest absolute Gasteiger partial charge is 0.464 e. The van der Waals surface area contributed by atoms with Crippen molar-refractivity contribution in [3.63, 3.8) is 0 Å². The Bertz CT molecular complexity index is 582. The predicted molar refractivity (Wildman–Crippen MR) is 71.0 cm³/mol. The number of hydrogen-bond acceptors (Lipinski definition) is 3. The Hall–Kier alpha value is -1.58. The van der Waals surface area contributed by atoms with Crippen molar-refractivity contribution in [1.29, 1.82) is 0 Å². The van der Waals surface area contributed by atoms with Gasteiger partial charge in [0.05, 0.1) is 12.1 Å². The first-order chi connectivity index (χ1) is 8.61. The number of carbonyl (C=O) groups excluding carboxylic acids is 1. The minimum Gasteiger partial charge on any atom is -0.464 e. The second-order valence-electron chi connectivity index (χ2n) is 3.55. The standard InChI is InChI=1S/C13H9Cl2NO2/c1-18-13(17)12-11(15)6-9(7-16-12)8-2-4-10(14)5-3-8/h2-7H,1H3. The summed E-state index contributed by atoms with van der Waals surface area (Å²) in [5, 5.41) is 0.915. The van der Waals surface area contributed by atoms with Crippen LogP contribution in [0.3, 0.4) is 0 Å². The summed E-state index contributed by atoms with van der Waals surface area (Å²) >= 11 is 11.8. The summed E-state index contributed by atoms with van der Waals surface area (Å²) in [4.78, 5) is 15.3. The predicted octanol–water partition coefficient (Wildman–Crippen LogP) is 3.84. The SMILES string of the molecule is COC(=O)c1ncc(-c2ccc(Cl)cc2)cc1Cl. The molecular formula is C13H9Cl2NO2. The summed E-state index contributed by atoms with van der Waals surface area (Å²) in [6.07, 6.45) is 1.57. The molecule has 0 aliphatic rings. The van der Waals surface area contributed by atoms with E-state index in [0.717, 1.165) is 11.1 Å². The van der Waals surface area contributed by atoms with Crippen LogP contribution in [-0.2, 0) is 4.74 Å². The quantitative estimate of drug-likeness (QED) is 0.785. The summed E-state index contributed by atoms with van der Waals surface area (Å²) in [6, 6.07) is 8.93. The molecule has 0 bridgehead atoms. The summed E-state index contributed by atoms with van der Waals surface area (Å²) < 4.78 is 4.58. The normalized spacial score (nSPS) is 10.2. The summed E-state index contributed by atoms with van der Waals surface area (Å²) in [5.41, 5.74) is 1.84. The first-order valence-corrected chi connectivity index (χ1v) is 5.87. The highest BCUT2D eigenvalue weighted by atomic mass is 35.5. The highest BCUT2D eigenvalue weighted by Gasteiger charge is 2.13. The Kier molecular flexibility index (Phi) is 3.84. The van der Waals surface area contributed by atoms with Crippen molar-refractivity contribution in [3.8, 4) is 11.1 Å². The number of methoxy groups -OCH3 is 1. The van der Waals surface area contributed by atoms with Crippen LogP contribution in [0.15, 0.2) is 36.5 Å². The number of ether oxygens (including phenoxy) is 1. The fraction of sp³-hybridized carbons (Fsp3) is 0.0769. The van der Waals surface area contributed by atoms with Gasteiger partial charge in [-0.05, 0) is 23.8 Å². The Balaban J connectivity index is 2.40. The van der Waals surface area contributed by atoms with Crippen LogP contribution in [-0.4, -0.2) is 18.1 Å². The Morgan fingerprint density at radius 2 is 1.83 bits per heavy atom. The number of hydrogen-bond donors (Lipinski definition) is 0. The molecule has 0 atom stereocenters. The molecule has 0 radical (unpaired) electrons. The lowest BCUT2D eigenvalue weighted by Crippen LogP contribution is -2.05. The highest BCUT2D eigenvalue weighted by molar-refractivity contribution is 6.33. The van der Waals surface area contributed by atoms with E-state index in [9.17, 15) is 4.79 Å². The molecule has 1 aromatic carbocycles. The molecule has 0 aliphatic carbocycles. The topological polar surface area (TPSA) is 39.2 Å². The molecule has 3 nitrogen and oxygen atoms in total. The second kappa shape index (κ2) is 5.38. The van der Waals surface area contributed by atoms with Crippen LogP contribution in [0.5, 0.6) is 0 Å². The molecule has 0 amide bonds. The average molecular weight is 282 g/mol. The van der Waals surface area contributed by atoms with Crippen molar-refractivity contribution >= 4 is 29.2 Å². The number of carbonyl (C=O) groups is 1. The average Bonchev–Trinajstić information content (AvgIpc) is 2.38. The Labute approximate surface area is 114 Å². The van der Waals surface area contributed by atoms with E-state index in [2.05, 4.69) is 9.72 Å². The van der Waals surface area contributed by atoms with Gasteiger partial charge in [0.25, 0.3) is 0 Å². The molecule has 0 fully saturated rings. The zero-order valence-electron chi connectivity index (χ0n) is 9.48. The Morgan fingerprint density at radius 3 is 2.39 bits per heavy atom. The lowest BCUT2D eigenvalue weighted by Gasteiger charge is -2.05. The molecule has 0 aliphatic heterocycles. The molecule has 5 heteroatoms. The van der Waals surface area contributed by atoms with Gasteiger partial charge in [0.2, 0.25) is 0 Å². The van der Waals surface area contributed by atoms with Gasteiger partial charge in [-0.25, -0.2) is 9.78 Å². The van der Waals surface area contributed by atoms with Gasteiger partial charge in [-0.1, -0.05) is 35.3 Å². The van der Waals surface area contributed by atoms with Gasteiger partial charge >= 0.3 is 5.97 Å². The van der Waals surface area contributed by atoms with Crippen molar-refractivity contribution in [3.05, 3.63) is 52.3 Å². The van der Waals surface area contributed by atoms with Crippen LogP contribution in [0, 0.1) is 0 Å². The monoisotopic (exact) mass is 281 g/mol. The smallest absolute Gasteiger partial charge is 0.358 e. The molecule has 0 saturated carbocycles. The van der Waals surface area contributed by atoms with E-state index in [1.54, 1.807) is 24.4 Å². The third-order valence-electron chi connectivity index (χ3n) is 2.40. The van der Waals surface area contributed by atoms with Crippen molar-refractivity contribution in [2.75, 3.05) is 7.11 Å². The maximum atomic E-state index is 11.3. The number of benzene rings is 1. The fourth-order valence-electron chi connectivity index (χ4n) is 1.48. The third kappa shape index (κ3) is 2.63. The summed E-state index contributed by atoms with van der Waals surface area (Å²) in [5.74, 6) is -0.553. The molecule has 0 unspecified atom stereocenters. The number of rotatable bonds is 2. The van der Waals surface area contributed by atoms with Crippen LogP contribution in [0.1, 0.15) is 10.5 Å². The first kappa shape index (κ1) is 12.9. The van der Waals surface area contributed by atoms with E-state index in [1.807, 2.05) is 12.1 Å². The fourth-order valence-corrected chi connectivity index (χ4v) is 1.85. The molecule has 92 valence electrons. The van der Waals surface area contributed by atoms with Gasteiger partial charge in [-0.15, -0.1) is 0 Å². The minimum absolute atomic E-state index is 0.108. The van der Waals surface area contributed by atoms with Gasteiger partial charge < -0.3 is 4.74 Å². The molecule has 18 heavy (non-hydrogen) atoms. The molecular weight excluding hydrogens is 273 g/mol. The molecule has 1 aromatic heterocycles. The van der Waals surface area contributed by atoms with E-state index >= 15 is 0 Å². The molecule has 1 heterocycles. The Morgan fingerprint density at radius 1 is 1.17 bits per heavy atom. The van der Waals surface area contributed by atoms with Crippen molar-refractivity contribution in [2.24, 2.45) is 0 Å². The molecule has 0 saturated heterocycles. The van der Waals surface area contributed by atoms with Crippen LogP contribution >= 0.6 is 23.2 Å². The summed E-state index contributed by atoms with van der Waals surface area (Å²) in [7, 11) is 1.29.